The molecule has 0 aliphatic rings. The molecule has 0 heterocycles. The van der Waals surface area contributed by atoms with E-state index in [-0.39, 0.29) is 13.2 Å². The molecule has 122 valence electrons. The number of rotatable bonds is 8. The van der Waals surface area contributed by atoms with E-state index in [1.54, 1.807) is 0 Å². The summed E-state index contributed by atoms with van der Waals surface area (Å²) in [6, 6.07) is 18.4. The second-order valence-corrected chi connectivity index (χ2v) is 6.95. The minimum absolute atomic E-state index is 0.0761. The van der Waals surface area contributed by atoms with E-state index < -0.39 is 19.4 Å². The molecule has 0 atom stereocenters. The Morgan fingerprint density at radius 3 is 1.70 bits per heavy atom. The van der Waals surface area contributed by atoms with Gasteiger partial charge in [-0.1, -0.05) is 60.7 Å². The molecule has 2 aromatic carbocycles. The highest BCUT2D eigenvalue weighted by atomic mass is 35.5. The van der Waals surface area contributed by atoms with Crippen LogP contribution in [0.3, 0.4) is 0 Å². The minimum atomic E-state index is -3.63. The Bertz CT molecular complexity index is 615. The van der Waals surface area contributed by atoms with Crippen molar-refractivity contribution in [2.24, 2.45) is 0 Å². The van der Waals surface area contributed by atoms with E-state index in [1.807, 2.05) is 60.7 Å². The standard InChI is InChI=1S/C16H16ClO5P/c17-16(18)20-13-23(19,21-11-14-7-3-1-4-8-14)22-12-15-9-5-2-6-10-15/h1-10H,11-13H2. The molecule has 0 N–H and O–H groups in total. The van der Waals surface area contributed by atoms with E-state index in [2.05, 4.69) is 4.74 Å². The summed E-state index contributed by atoms with van der Waals surface area (Å²) >= 11 is 5.12. The fourth-order valence-electron chi connectivity index (χ4n) is 1.74. The lowest BCUT2D eigenvalue weighted by Gasteiger charge is -2.18. The maximum absolute atomic E-state index is 12.7. The van der Waals surface area contributed by atoms with Crippen LogP contribution in [-0.4, -0.2) is 11.8 Å². The topological polar surface area (TPSA) is 61.8 Å². The number of hydrogen-bond acceptors (Lipinski definition) is 5. The average Bonchev–Trinajstić information content (AvgIpc) is 2.59. The Morgan fingerprint density at radius 1 is 0.870 bits per heavy atom. The van der Waals surface area contributed by atoms with Gasteiger partial charge in [-0.05, 0) is 11.1 Å². The largest absolute Gasteiger partial charge is 0.441 e. The molecule has 0 amide bonds. The van der Waals surface area contributed by atoms with Crippen LogP contribution in [0.25, 0.3) is 0 Å². The highest BCUT2D eigenvalue weighted by Gasteiger charge is 2.27. The molecule has 0 spiro atoms. The molecule has 0 saturated carbocycles. The van der Waals surface area contributed by atoms with Gasteiger partial charge in [0.05, 0.1) is 13.2 Å². The van der Waals surface area contributed by atoms with E-state index in [4.69, 9.17) is 20.6 Å². The molecule has 0 aromatic heterocycles. The number of benzene rings is 2. The summed E-state index contributed by atoms with van der Waals surface area (Å²) < 4.78 is 28.1. The zero-order valence-electron chi connectivity index (χ0n) is 12.3. The first kappa shape index (κ1) is 17.7. The molecule has 0 saturated heterocycles. The van der Waals surface area contributed by atoms with Crippen molar-refractivity contribution in [3.05, 3.63) is 71.8 Å². The van der Waals surface area contributed by atoms with E-state index in [0.717, 1.165) is 11.1 Å². The van der Waals surface area contributed by atoms with E-state index in [1.165, 1.54) is 0 Å². The summed E-state index contributed by atoms with van der Waals surface area (Å²) in [7, 11) is -3.63. The van der Waals surface area contributed by atoms with Crippen molar-refractivity contribution in [2.75, 3.05) is 6.35 Å². The Labute approximate surface area is 139 Å². The summed E-state index contributed by atoms with van der Waals surface area (Å²) in [5.41, 5.74) is 0.596. The maximum atomic E-state index is 12.7. The summed E-state index contributed by atoms with van der Waals surface area (Å²) in [4.78, 5) is 10.7. The third-order valence-corrected chi connectivity index (χ3v) is 4.48. The van der Waals surface area contributed by atoms with Crippen LogP contribution in [0, 0.1) is 0 Å². The molecule has 23 heavy (non-hydrogen) atoms. The van der Waals surface area contributed by atoms with Crippen molar-refractivity contribution in [1.82, 2.24) is 0 Å². The molecular weight excluding hydrogens is 339 g/mol. The van der Waals surface area contributed by atoms with Crippen LogP contribution in [0.5, 0.6) is 0 Å². The Balaban J connectivity index is 1.99. The van der Waals surface area contributed by atoms with E-state index in [0.29, 0.717) is 0 Å². The van der Waals surface area contributed by atoms with Crippen molar-refractivity contribution in [1.29, 1.82) is 0 Å². The van der Waals surface area contributed by atoms with Crippen LogP contribution < -0.4 is 0 Å². The van der Waals surface area contributed by atoms with E-state index >= 15 is 0 Å². The van der Waals surface area contributed by atoms with Gasteiger partial charge in [-0.2, -0.15) is 0 Å². The predicted octanol–water partition coefficient (Wildman–Crippen LogP) is 4.95. The summed E-state index contributed by atoms with van der Waals surface area (Å²) in [6.07, 6.45) is -0.533. The first-order valence-corrected chi connectivity index (χ1v) is 8.96. The van der Waals surface area contributed by atoms with Crippen LogP contribution in [0.15, 0.2) is 60.7 Å². The third-order valence-electron chi connectivity index (χ3n) is 2.88. The van der Waals surface area contributed by atoms with Gasteiger partial charge in [0.25, 0.3) is 0 Å². The van der Waals surface area contributed by atoms with Crippen LogP contribution in [0.4, 0.5) is 4.79 Å². The smallest absolute Gasteiger partial charge is 0.404 e. The Hall–Kier alpha value is -1.65. The molecule has 0 radical (unpaired) electrons. The SMILES string of the molecule is O=C(Cl)OCP(=O)(OCc1ccccc1)OCc1ccccc1. The summed E-state index contributed by atoms with van der Waals surface area (Å²) in [5.74, 6) is 0. The average molecular weight is 355 g/mol. The summed E-state index contributed by atoms with van der Waals surface area (Å²) in [5, 5.41) is 0. The Kier molecular flexibility index (Phi) is 6.81. The van der Waals surface area contributed by atoms with Crippen molar-refractivity contribution in [3.63, 3.8) is 0 Å². The first-order valence-electron chi connectivity index (χ1n) is 6.86. The van der Waals surface area contributed by atoms with E-state index in [9.17, 15) is 9.36 Å². The van der Waals surface area contributed by atoms with Crippen molar-refractivity contribution in [2.45, 2.75) is 13.2 Å². The van der Waals surface area contributed by atoms with Gasteiger partial charge in [-0.3, -0.25) is 4.57 Å². The normalized spacial score (nSPS) is 11.2. The Morgan fingerprint density at radius 2 is 1.30 bits per heavy atom. The lowest BCUT2D eigenvalue weighted by molar-refractivity contribution is 0.149. The monoisotopic (exact) mass is 354 g/mol. The van der Waals surface area contributed by atoms with Crippen LogP contribution in [0.2, 0.25) is 0 Å². The molecule has 0 aliphatic heterocycles. The van der Waals surface area contributed by atoms with Crippen LogP contribution >= 0.6 is 19.2 Å². The van der Waals surface area contributed by atoms with Crippen molar-refractivity contribution in [3.8, 4) is 0 Å². The second kappa shape index (κ2) is 8.85. The van der Waals surface area contributed by atoms with Gasteiger partial charge in [0, 0.05) is 11.6 Å². The number of carbonyl (C=O) groups is 1. The number of carbonyl (C=O) groups excluding carboxylic acids is 1. The molecule has 2 aromatic rings. The van der Waals surface area contributed by atoms with Gasteiger partial charge in [0.2, 0.25) is 0 Å². The number of hydrogen-bond donors (Lipinski definition) is 0. The highest BCUT2D eigenvalue weighted by Crippen LogP contribution is 2.49. The van der Waals surface area contributed by atoms with Crippen LogP contribution in [0.1, 0.15) is 11.1 Å². The first-order chi connectivity index (χ1) is 11.1. The fourth-order valence-corrected chi connectivity index (χ4v) is 3.06. The molecule has 0 aliphatic carbocycles. The molecule has 0 unspecified atom stereocenters. The minimum Gasteiger partial charge on any atom is -0.441 e. The zero-order valence-corrected chi connectivity index (χ0v) is 13.9. The molecule has 0 bridgehead atoms. The quantitative estimate of drug-likeness (QED) is 0.496. The molecule has 7 heteroatoms. The maximum Gasteiger partial charge on any atom is 0.404 e. The lowest BCUT2D eigenvalue weighted by Crippen LogP contribution is -2.05. The number of ether oxygens (including phenoxy) is 1. The molecule has 2 rings (SSSR count). The van der Waals surface area contributed by atoms with Crippen LogP contribution in [-0.2, 0) is 31.6 Å². The van der Waals surface area contributed by atoms with Gasteiger partial charge in [-0.25, -0.2) is 4.79 Å². The molecule has 0 fully saturated rings. The zero-order chi connectivity index (χ0) is 16.5. The van der Waals surface area contributed by atoms with Gasteiger partial charge >= 0.3 is 13.0 Å². The van der Waals surface area contributed by atoms with Crippen molar-refractivity contribution < 1.29 is 23.1 Å². The number of halogens is 1. The van der Waals surface area contributed by atoms with Gasteiger partial charge < -0.3 is 13.8 Å². The predicted molar refractivity (Wildman–Crippen MR) is 87.3 cm³/mol. The lowest BCUT2D eigenvalue weighted by atomic mass is 10.2. The molecular formula is C16H16ClO5P. The van der Waals surface area contributed by atoms with Crippen molar-refractivity contribution >= 4 is 24.6 Å². The van der Waals surface area contributed by atoms with Gasteiger partial charge in [0.15, 0.2) is 6.35 Å². The highest BCUT2D eigenvalue weighted by molar-refractivity contribution is 7.53. The second-order valence-electron chi connectivity index (χ2n) is 4.64. The molecule has 5 nitrogen and oxygen atoms in total. The summed E-state index contributed by atoms with van der Waals surface area (Å²) in [6.45, 7) is 0.152. The van der Waals surface area contributed by atoms with Gasteiger partial charge in [-0.15, -0.1) is 0 Å². The fraction of sp³-hybridized carbons (Fsp3) is 0.188. The van der Waals surface area contributed by atoms with Gasteiger partial charge in [0.1, 0.15) is 0 Å². The third kappa shape index (κ3) is 6.55.